The molecule has 1 fully saturated rings. The average Bonchev–Trinajstić information content (AvgIpc) is 3.33. The number of carbonyl (C=O) groups is 1. The predicted octanol–water partition coefficient (Wildman–Crippen LogP) is 1.24. The number of benzene rings is 1. The van der Waals surface area contributed by atoms with Gasteiger partial charge in [0.15, 0.2) is 17.0 Å². The lowest BCUT2D eigenvalue weighted by molar-refractivity contribution is -0.114. The molecule has 0 unspecified atom stereocenters. The van der Waals surface area contributed by atoms with E-state index in [-0.39, 0.29) is 28.7 Å². The number of carbonyl (C=O) groups excluding carboxylic acids is 1. The summed E-state index contributed by atoms with van der Waals surface area (Å²) in [6.45, 7) is 4.75. The fraction of sp³-hybridized carbons (Fsp3) is 0.320. The maximum absolute atomic E-state index is 14.1. The molecule has 1 amide bonds. The number of anilines is 2. The summed E-state index contributed by atoms with van der Waals surface area (Å²) in [6.07, 6.45) is 3.12. The Bertz CT molecular complexity index is 1610. The zero-order chi connectivity index (χ0) is 26.3. The molecule has 11 nitrogen and oxygen atoms in total. The Morgan fingerprint density at radius 2 is 1.78 bits per heavy atom. The summed E-state index contributed by atoms with van der Waals surface area (Å²) < 4.78 is 17.9. The number of fused-ring (bicyclic) bond motifs is 1. The lowest BCUT2D eigenvalue weighted by Gasteiger charge is -2.36. The number of nitrogens with zero attached hydrogens (tertiary/aromatic N) is 7. The van der Waals surface area contributed by atoms with Gasteiger partial charge in [0, 0.05) is 59.3 Å². The van der Waals surface area contributed by atoms with Gasteiger partial charge in [-0.2, -0.15) is 0 Å². The molecule has 4 aromatic rings. The summed E-state index contributed by atoms with van der Waals surface area (Å²) in [4.78, 5) is 50.4. The molecule has 0 atom stereocenters. The van der Waals surface area contributed by atoms with E-state index in [1.54, 1.807) is 29.9 Å². The molecular formula is C25H27FN8O3. The predicted molar refractivity (Wildman–Crippen MR) is 138 cm³/mol. The van der Waals surface area contributed by atoms with Crippen molar-refractivity contribution in [2.45, 2.75) is 13.5 Å². The van der Waals surface area contributed by atoms with Crippen LogP contribution in [0.25, 0.3) is 16.9 Å². The molecule has 1 aliphatic heterocycles. The maximum Gasteiger partial charge on any atom is 0.332 e. The molecule has 192 valence electrons. The molecule has 12 heteroatoms. The van der Waals surface area contributed by atoms with Gasteiger partial charge in [0.1, 0.15) is 12.1 Å². The smallest absolute Gasteiger partial charge is 0.332 e. The minimum atomic E-state index is -0.503. The van der Waals surface area contributed by atoms with E-state index in [0.29, 0.717) is 30.9 Å². The highest BCUT2D eigenvalue weighted by molar-refractivity contribution is 5.90. The highest BCUT2D eigenvalue weighted by atomic mass is 19.1. The van der Waals surface area contributed by atoms with Crippen LogP contribution in [-0.4, -0.2) is 60.7 Å². The molecule has 3 aromatic heterocycles. The highest BCUT2D eigenvalue weighted by Gasteiger charge is 2.22. The highest BCUT2D eigenvalue weighted by Crippen LogP contribution is 2.27. The zero-order valence-corrected chi connectivity index (χ0v) is 20.8. The molecule has 1 aliphatic rings. The van der Waals surface area contributed by atoms with Crippen LogP contribution in [0.5, 0.6) is 0 Å². The van der Waals surface area contributed by atoms with E-state index in [1.807, 2.05) is 12.1 Å². The van der Waals surface area contributed by atoms with Gasteiger partial charge in [0.05, 0.1) is 17.6 Å². The zero-order valence-electron chi connectivity index (χ0n) is 20.8. The summed E-state index contributed by atoms with van der Waals surface area (Å²) >= 11 is 0. The largest absolute Gasteiger partial charge is 0.368 e. The first kappa shape index (κ1) is 24.4. The molecular weight excluding hydrogens is 479 g/mol. The summed E-state index contributed by atoms with van der Waals surface area (Å²) in [7, 11) is 2.96. The van der Waals surface area contributed by atoms with E-state index in [2.05, 4.69) is 25.1 Å². The van der Waals surface area contributed by atoms with Gasteiger partial charge in [-0.25, -0.2) is 19.2 Å². The number of nitrogens with one attached hydrogen (secondary N) is 1. The van der Waals surface area contributed by atoms with Crippen LogP contribution in [0, 0.1) is 5.82 Å². The Morgan fingerprint density at radius 1 is 1.05 bits per heavy atom. The lowest BCUT2D eigenvalue weighted by Crippen LogP contribution is -2.46. The maximum atomic E-state index is 14.1. The SMILES string of the molecule is CC(=O)Nc1ncc(N2CCN(Cc3ccccc3F)CC2)cc1-n1cnc2c1c(=O)n(C)c(=O)n2C. The van der Waals surface area contributed by atoms with Crippen molar-refractivity contribution < 1.29 is 9.18 Å². The van der Waals surface area contributed by atoms with Crippen molar-refractivity contribution in [1.82, 2.24) is 28.6 Å². The van der Waals surface area contributed by atoms with Crippen LogP contribution >= 0.6 is 0 Å². The first-order valence-electron chi connectivity index (χ1n) is 11.9. The van der Waals surface area contributed by atoms with Gasteiger partial charge in [0.2, 0.25) is 5.91 Å². The molecule has 0 aliphatic carbocycles. The minimum absolute atomic E-state index is 0.199. The number of piperazine rings is 1. The van der Waals surface area contributed by atoms with Gasteiger partial charge >= 0.3 is 5.69 Å². The van der Waals surface area contributed by atoms with Gasteiger partial charge < -0.3 is 10.2 Å². The Hall–Kier alpha value is -4.32. The first-order chi connectivity index (χ1) is 17.7. The van der Waals surface area contributed by atoms with Crippen molar-refractivity contribution in [3.63, 3.8) is 0 Å². The van der Waals surface area contributed by atoms with Crippen molar-refractivity contribution in [2.24, 2.45) is 14.1 Å². The second-order valence-electron chi connectivity index (χ2n) is 9.09. The fourth-order valence-corrected chi connectivity index (χ4v) is 4.62. The van der Waals surface area contributed by atoms with Gasteiger partial charge in [-0.15, -0.1) is 0 Å². The normalized spacial score (nSPS) is 14.3. The van der Waals surface area contributed by atoms with Crippen LogP contribution in [0.1, 0.15) is 12.5 Å². The number of imidazole rings is 1. The quantitative estimate of drug-likeness (QED) is 0.434. The van der Waals surface area contributed by atoms with Gasteiger partial charge in [-0.3, -0.25) is 28.2 Å². The third kappa shape index (κ3) is 4.51. The van der Waals surface area contributed by atoms with Crippen LogP contribution in [0.2, 0.25) is 0 Å². The third-order valence-electron chi connectivity index (χ3n) is 6.64. The van der Waals surface area contributed by atoms with Crippen molar-refractivity contribution in [3.8, 4) is 5.69 Å². The molecule has 37 heavy (non-hydrogen) atoms. The van der Waals surface area contributed by atoms with Crippen molar-refractivity contribution in [2.75, 3.05) is 36.4 Å². The molecule has 5 rings (SSSR count). The molecule has 1 saturated heterocycles. The van der Waals surface area contributed by atoms with E-state index >= 15 is 0 Å². The number of aryl methyl sites for hydroxylation is 1. The van der Waals surface area contributed by atoms with Gasteiger partial charge in [0.25, 0.3) is 5.56 Å². The van der Waals surface area contributed by atoms with E-state index in [1.165, 1.54) is 30.9 Å². The third-order valence-corrected chi connectivity index (χ3v) is 6.64. The number of amides is 1. The van der Waals surface area contributed by atoms with Crippen LogP contribution in [0.3, 0.4) is 0 Å². The molecule has 0 bridgehead atoms. The fourth-order valence-electron chi connectivity index (χ4n) is 4.62. The summed E-state index contributed by atoms with van der Waals surface area (Å²) in [6, 6.07) is 8.64. The summed E-state index contributed by atoms with van der Waals surface area (Å²) in [5.74, 6) is -0.249. The summed E-state index contributed by atoms with van der Waals surface area (Å²) in [5, 5.41) is 2.72. The van der Waals surface area contributed by atoms with Crippen LogP contribution in [-0.2, 0) is 25.4 Å². The number of aromatic nitrogens is 5. The Morgan fingerprint density at radius 3 is 2.49 bits per heavy atom. The van der Waals surface area contributed by atoms with Crippen LogP contribution in [0.4, 0.5) is 15.9 Å². The van der Waals surface area contributed by atoms with E-state index in [4.69, 9.17) is 0 Å². The van der Waals surface area contributed by atoms with E-state index < -0.39 is 11.2 Å². The molecule has 1 N–H and O–H groups in total. The Balaban J connectivity index is 1.48. The first-order valence-corrected chi connectivity index (χ1v) is 11.9. The molecule has 4 heterocycles. The van der Waals surface area contributed by atoms with Gasteiger partial charge in [-0.1, -0.05) is 18.2 Å². The molecule has 1 aromatic carbocycles. The number of halogens is 1. The van der Waals surface area contributed by atoms with Crippen molar-refractivity contribution in [3.05, 3.63) is 75.1 Å². The standard InChI is InChI=1S/C25H27FN8O3/c1-16(35)29-22-20(34-15-28-23-21(34)24(36)31(3)25(37)30(23)2)12-18(13-27-22)33-10-8-32(9-11-33)14-17-6-4-5-7-19(17)26/h4-7,12-13,15H,8-11,14H2,1-3H3,(H,27,29,35). The van der Waals surface area contributed by atoms with Crippen LogP contribution < -0.4 is 21.5 Å². The number of hydrogen-bond acceptors (Lipinski definition) is 7. The Kier molecular flexibility index (Phi) is 6.34. The second-order valence-corrected chi connectivity index (χ2v) is 9.09. The molecule has 0 spiro atoms. The minimum Gasteiger partial charge on any atom is -0.368 e. The van der Waals surface area contributed by atoms with Crippen molar-refractivity contribution >= 4 is 28.6 Å². The lowest BCUT2D eigenvalue weighted by atomic mass is 10.2. The number of rotatable bonds is 5. The average molecular weight is 507 g/mol. The van der Waals surface area contributed by atoms with E-state index in [9.17, 15) is 18.8 Å². The second kappa shape index (κ2) is 9.62. The topological polar surface area (TPSA) is 110 Å². The number of hydrogen-bond donors (Lipinski definition) is 1. The summed E-state index contributed by atoms with van der Waals surface area (Å²) in [5.41, 5.74) is 1.38. The monoisotopic (exact) mass is 506 g/mol. The van der Waals surface area contributed by atoms with Crippen LogP contribution in [0.15, 0.2) is 52.4 Å². The van der Waals surface area contributed by atoms with E-state index in [0.717, 1.165) is 23.3 Å². The molecule has 0 radical (unpaired) electrons. The van der Waals surface area contributed by atoms with Gasteiger partial charge in [-0.05, 0) is 12.1 Å². The molecule has 0 saturated carbocycles. The van der Waals surface area contributed by atoms with Crippen molar-refractivity contribution in [1.29, 1.82) is 0 Å². The Labute approximate surface area is 211 Å². The number of pyridine rings is 1.